The van der Waals surface area contributed by atoms with E-state index < -0.39 is 36.0 Å². The van der Waals surface area contributed by atoms with Crippen LogP contribution < -0.4 is 24.3 Å². The molecule has 5 unspecified atom stereocenters. The van der Waals surface area contributed by atoms with Crippen LogP contribution in [0, 0.1) is 5.92 Å². The molecule has 1 fully saturated rings. The Bertz CT molecular complexity index is 1390. The van der Waals surface area contributed by atoms with Gasteiger partial charge in [-0.2, -0.15) is 0 Å². The third kappa shape index (κ3) is 5.04. The van der Waals surface area contributed by atoms with E-state index in [2.05, 4.69) is 5.32 Å². The molecule has 3 aliphatic heterocycles. The van der Waals surface area contributed by atoms with E-state index in [4.69, 9.17) is 23.7 Å². The molecule has 2 aromatic rings. The van der Waals surface area contributed by atoms with Crippen LogP contribution in [0.4, 0.5) is 0 Å². The van der Waals surface area contributed by atoms with Gasteiger partial charge in [0.05, 0.1) is 44.8 Å². The van der Waals surface area contributed by atoms with Crippen LogP contribution in [0.3, 0.4) is 0 Å². The maximum atomic E-state index is 14.0. The first-order chi connectivity index (χ1) is 20.4. The van der Waals surface area contributed by atoms with Crippen molar-refractivity contribution in [2.24, 2.45) is 5.92 Å². The molecule has 12 heteroatoms. The molecule has 0 bridgehead atoms. The molecule has 1 saturated heterocycles. The zero-order chi connectivity index (χ0) is 29.4. The van der Waals surface area contributed by atoms with E-state index in [1.165, 1.54) is 7.11 Å². The van der Waals surface area contributed by atoms with Gasteiger partial charge in [-0.15, -0.1) is 0 Å². The van der Waals surface area contributed by atoms with Crippen LogP contribution >= 0.6 is 0 Å². The van der Waals surface area contributed by atoms with Crippen molar-refractivity contribution in [1.82, 2.24) is 10.2 Å². The highest BCUT2D eigenvalue weighted by molar-refractivity contribution is 5.96. The van der Waals surface area contributed by atoms with Gasteiger partial charge in [0.15, 0.2) is 23.0 Å². The number of aliphatic hydroxyl groups excluding tert-OH is 3. The molecular formula is C30H34N2O10. The Morgan fingerprint density at radius 3 is 2.69 bits per heavy atom. The van der Waals surface area contributed by atoms with Gasteiger partial charge in [-0.1, -0.05) is 6.07 Å². The number of carbonyl (C=O) groups excluding carboxylic acids is 2. The van der Waals surface area contributed by atoms with E-state index in [0.717, 1.165) is 5.56 Å². The number of nitrogens with zero attached hydrogens (tertiary/aromatic N) is 1. The molecule has 0 aromatic heterocycles. The zero-order valence-electron chi connectivity index (χ0n) is 23.2. The van der Waals surface area contributed by atoms with Gasteiger partial charge in [0.25, 0.3) is 0 Å². The summed E-state index contributed by atoms with van der Waals surface area (Å²) in [6.07, 6.45) is 0.0107. The number of aliphatic hydroxyl groups is 3. The van der Waals surface area contributed by atoms with Crippen LogP contribution in [0.5, 0.6) is 23.0 Å². The maximum Gasteiger partial charge on any atom is 0.247 e. The van der Waals surface area contributed by atoms with Crippen LogP contribution in [0.25, 0.3) is 0 Å². The molecular weight excluding hydrogens is 548 g/mol. The molecule has 0 radical (unpaired) electrons. The Morgan fingerprint density at radius 2 is 1.95 bits per heavy atom. The van der Waals surface area contributed by atoms with E-state index in [9.17, 15) is 24.9 Å². The summed E-state index contributed by atoms with van der Waals surface area (Å²) in [7, 11) is 1.47. The summed E-state index contributed by atoms with van der Waals surface area (Å²) in [5.41, 5.74) is 2.18. The van der Waals surface area contributed by atoms with Gasteiger partial charge in [0.2, 0.25) is 18.6 Å². The number of hydrogen-bond donors (Lipinski definition) is 4. The van der Waals surface area contributed by atoms with Gasteiger partial charge in [-0.3, -0.25) is 9.59 Å². The molecule has 224 valence electrons. The van der Waals surface area contributed by atoms with Crippen molar-refractivity contribution >= 4 is 11.8 Å². The number of amides is 2. The average Bonchev–Trinajstić information content (AvgIpc) is 3.78. The highest BCUT2D eigenvalue weighted by atomic mass is 16.7. The van der Waals surface area contributed by atoms with Crippen molar-refractivity contribution in [3.05, 3.63) is 58.7 Å². The van der Waals surface area contributed by atoms with Crippen LogP contribution in [0.2, 0.25) is 0 Å². The topological polar surface area (TPSA) is 156 Å². The molecule has 1 aliphatic carbocycles. The number of hydrogen-bond acceptors (Lipinski definition) is 10. The van der Waals surface area contributed by atoms with E-state index in [1.807, 2.05) is 6.07 Å². The minimum Gasteiger partial charge on any atom is -0.493 e. The highest BCUT2D eigenvalue weighted by Gasteiger charge is 2.52. The second-order valence-corrected chi connectivity index (χ2v) is 10.7. The summed E-state index contributed by atoms with van der Waals surface area (Å²) in [6, 6.07) is 7.85. The summed E-state index contributed by atoms with van der Waals surface area (Å²) < 4.78 is 28.3. The Kier molecular flexibility index (Phi) is 7.95. The van der Waals surface area contributed by atoms with Gasteiger partial charge in [-0.05, 0) is 47.9 Å². The second-order valence-electron chi connectivity index (χ2n) is 10.7. The molecule has 2 aromatic carbocycles. The van der Waals surface area contributed by atoms with Crippen molar-refractivity contribution in [2.45, 2.75) is 43.7 Å². The van der Waals surface area contributed by atoms with Gasteiger partial charge >= 0.3 is 0 Å². The number of nitrogens with one attached hydrogen (secondary N) is 1. The largest absolute Gasteiger partial charge is 0.493 e. The smallest absolute Gasteiger partial charge is 0.247 e. The fourth-order valence-corrected chi connectivity index (χ4v) is 6.15. The summed E-state index contributed by atoms with van der Waals surface area (Å²) in [5.74, 6) is 0.117. The Morgan fingerprint density at radius 1 is 1.12 bits per heavy atom. The van der Waals surface area contributed by atoms with E-state index in [0.29, 0.717) is 47.2 Å². The molecule has 4 N–H and O–H groups in total. The fourth-order valence-electron chi connectivity index (χ4n) is 6.15. The minimum absolute atomic E-state index is 0.0216. The van der Waals surface area contributed by atoms with Crippen LogP contribution in [0.1, 0.15) is 29.0 Å². The second kappa shape index (κ2) is 11.8. The lowest BCUT2D eigenvalue weighted by atomic mass is 9.77. The number of benzene rings is 2. The predicted octanol–water partition coefficient (Wildman–Crippen LogP) is 0.604. The third-order valence-electron chi connectivity index (χ3n) is 8.21. The number of carbonyl (C=O) groups is 2. The molecule has 12 nitrogen and oxygen atoms in total. The van der Waals surface area contributed by atoms with E-state index in [1.54, 1.807) is 35.2 Å². The van der Waals surface area contributed by atoms with E-state index in [-0.39, 0.29) is 51.2 Å². The molecule has 5 atom stereocenters. The average molecular weight is 583 g/mol. The molecule has 42 heavy (non-hydrogen) atoms. The van der Waals surface area contributed by atoms with Crippen LogP contribution in [-0.4, -0.2) is 90.6 Å². The first kappa shape index (κ1) is 28.3. The normalized spacial score (nSPS) is 25.2. The third-order valence-corrected chi connectivity index (χ3v) is 8.21. The number of fused-ring (bicyclic) bond motifs is 4. The van der Waals surface area contributed by atoms with Gasteiger partial charge in [-0.25, -0.2) is 0 Å². The predicted molar refractivity (Wildman–Crippen MR) is 146 cm³/mol. The first-order valence-corrected chi connectivity index (χ1v) is 14.0. The first-order valence-electron chi connectivity index (χ1n) is 14.0. The van der Waals surface area contributed by atoms with Gasteiger partial charge in [0.1, 0.15) is 12.2 Å². The SMILES string of the molecule is COc1cc(CO)cc2c1OC1C2C(C(=O)NCCO)=CC(N(Cc2ccc3c(c2)OCO3)C(=O)C2CCOC2)C1O. The summed E-state index contributed by atoms with van der Waals surface area (Å²) >= 11 is 0. The van der Waals surface area contributed by atoms with Crippen molar-refractivity contribution < 1.29 is 48.6 Å². The van der Waals surface area contributed by atoms with Crippen molar-refractivity contribution in [3.63, 3.8) is 0 Å². The minimum atomic E-state index is -1.22. The highest BCUT2D eigenvalue weighted by Crippen LogP contribution is 2.51. The van der Waals surface area contributed by atoms with E-state index >= 15 is 0 Å². The van der Waals surface area contributed by atoms with Gasteiger partial charge in [0, 0.05) is 30.8 Å². The molecule has 2 amide bonds. The van der Waals surface area contributed by atoms with Crippen molar-refractivity contribution in [1.29, 1.82) is 0 Å². The molecule has 3 heterocycles. The lowest BCUT2D eigenvalue weighted by Crippen LogP contribution is -2.56. The summed E-state index contributed by atoms with van der Waals surface area (Å²) in [6.45, 7) is 0.462. The number of ether oxygens (including phenoxy) is 5. The lowest BCUT2D eigenvalue weighted by Gasteiger charge is -2.41. The lowest BCUT2D eigenvalue weighted by molar-refractivity contribution is -0.142. The van der Waals surface area contributed by atoms with Crippen LogP contribution in [0.15, 0.2) is 42.0 Å². The Balaban J connectivity index is 1.42. The van der Waals surface area contributed by atoms with Crippen molar-refractivity contribution in [2.75, 3.05) is 40.3 Å². The standard InChI is InChI=1S/C30H34N2O10/c1-38-24-10-17(13-34)8-19-25-20(29(36)31-5-6-33)11-21(26(35)28(25)42-27(19)24)32(30(37)18-4-7-39-14-18)12-16-2-3-22-23(9-16)41-15-40-22/h2-3,8-11,18,21,25-26,28,33-35H,4-7,12-15H2,1H3,(H,31,36). The van der Waals surface area contributed by atoms with Crippen LogP contribution in [-0.2, 0) is 27.5 Å². The molecule has 6 rings (SSSR count). The Labute approximate surface area is 242 Å². The quantitative estimate of drug-likeness (QED) is 0.330. The van der Waals surface area contributed by atoms with Crippen molar-refractivity contribution in [3.8, 4) is 23.0 Å². The maximum absolute atomic E-state index is 14.0. The number of methoxy groups -OCH3 is 1. The molecule has 0 saturated carbocycles. The number of rotatable bonds is 9. The summed E-state index contributed by atoms with van der Waals surface area (Å²) in [4.78, 5) is 29.1. The zero-order valence-corrected chi connectivity index (χ0v) is 23.2. The Hall–Kier alpha value is -3.84. The van der Waals surface area contributed by atoms with Gasteiger partial charge < -0.3 is 49.2 Å². The molecule has 4 aliphatic rings. The monoisotopic (exact) mass is 582 g/mol. The summed E-state index contributed by atoms with van der Waals surface area (Å²) in [5, 5.41) is 33.8. The molecule has 0 spiro atoms. The fraction of sp³-hybridized carbons (Fsp3) is 0.467.